The van der Waals surface area contributed by atoms with E-state index in [0.29, 0.717) is 0 Å². The molecule has 0 saturated carbocycles. The van der Waals surface area contributed by atoms with E-state index in [1.165, 1.54) is 11.1 Å². The molecule has 19 heavy (non-hydrogen) atoms. The number of aliphatic hydroxyl groups excluding tert-OH is 2. The topological polar surface area (TPSA) is 40.5 Å². The first-order valence-corrected chi connectivity index (χ1v) is 6.49. The molecule has 0 atom stereocenters. The third-order valence-electron chi connectivity index (χ3n) is 3.56. The van der Waals surface area contributed by atoms with Crippen LogP contribution in [0.1, 0.15) is 20.8 Å². The molecule has 2 nitrogen and oxygen atoms in total. The number of rotatable bonds is 2. The summed E-state index contributed by atoms with van der Waals surface area (Å²) in [6, 6.07) is 0. The van der Waals surface area contributed by atoms with Gasteiger partial charge in [0.25, 0.3) is 0 Å². The van der Waals surface area contributed by atoms with Crippen LogP contribution in [0.3, 0.4) is 0 Å². The Labute approximate surface area is 114 Å². The molecular formula is C17H20O2. The van der Waals surface area contributed by atoms with Crippen LogP contribution < -0.4 is 0 Å². The predicted octanol–water partition coefficient (Wildman–Crippen LogP) is 2.99. The van der Waals surface area contributed by atoms with Gasteiger partial charge in [0.05, 0.1) is 13.2 Å². The standard InChI is InChI=1S/C17H20O2/c1-11-7-12(2)15-6-4-5-14(9-18)16(10-19)17(15)13(3)8-11/h4-8,18-19H,9-10H2,1-3H3. The zero-order valence-corrected chi connectivity index (χ0v) is 11.7. The van der Waals surface area contributed by atoms with Crippen molar-refractivity contribution in [3.05, 3.63) is 69.4 Å². The highest BCUT2D eigenvalue weighted by atomic mass is 16.3. The Balaban J connectivity index is 2.78. The van der Waals surface area contributed by atoms with E-state index < -0.39 is 0 Å². The van der Waals surface area contributed by atoms with Crippen molar-refractivity contribution in [2.45, 2.75) is 20.8 Å². The summed E-state index contributed by atoms with van der Waals surface area (Å²) in [5.41, 5.74) is 7.26. The Morgan fingerprint density at radius 1 is 1.00 bits per heavy atom. The number of aliphatic hydroxyl groups is 2. The zero-order chi connectivity index (χ0) is 14.0. The van der Waals surface area contributed by atoms with Crippen molar-refractivity contribution in [1.82, 2.24) is 0 Å². The Hall–Kier alpha value is -1.64. The Morgan fingerprint density at radius 2 is 1.74 bits per heavy atom. The van der Waals surface area contributed by atoms with Crippen molar-refractivity contribution in [1.29, 1.82) is 0 Å². The lowest BCUT2D eigenvalue weighted by Gasteiger charge is -2.16. The fourth-order valence-corrected chi connectivity index (χ4v) is 2.75. The lowest BCUT2D eigenvalue weighted by molar-refractivity contribution is 0.310. The van der Waals surface area contributed by atoms with Gasteiger partial charge >= 0.3 is 0 Å². The van der Waals surface area contributed by atoms with Crippen LogP contribution in [0.5, 0.6) is 0 Å². The average molecular weight is 256 g/mol. The molecule has 0 fully saturated rings. The van der Waals surface area contributed by atoms with Gasteiger partial charge in [-0.05, 0) is 54.2 Å². The minimum absolute atomic E-state index is 0.0598. The van der Waals surface area contributed by atoms with Gasteiger partial charge in [0.15, 0.2) is 0 Å². The van der Waals surface area contributed by atoms with Gasteiger partial charge in [-0.2, -0.15) is 0 Å². The summed E-state index contributed by atoms with van der Waals surface area (Å²) in [6.45, 7) is 6.08. The summed E-state index contributed by atoms with van der Waals surface area (Å²) in [7, 11) is 0. The fraction of sp³-hybridized carbons (Fsp3) is 0.294. The smallest absolute Gasteiger partial charge is 0.0691 e. The lowest BCUT2D eigenvalue weighted by atomic mass is 9.90. The van der Waals surface area contributed by atoms with E-state index >= 15 is 0 Å². The zero-order valence-electron chi connectivity index (χ0n) is 11.7. The van der Waals surface area contributed by atoms with Gasteiger partial charge in [-0.15, -0.1) is 0 Å². The van der Waals surface area contributed by atoms with Crippen LogP contribution in [0, 0.1) is 0 Å². The molecule has 0 radical (unpaired) electrons. The maximum absolute atomic E-state index is 9.71. The molecule has 2 heteroatoms. The Bertz CT molecular complexity index is 578. The van der Waals surface area contributed by atoms with Gasteiger partial charge < -0.3 is 10.2 Å². The van der Waals surface area contributed by atoms with E-state index in [0.717, 1.165) is 27.9 Å². The highest BCUT2D eigenvalue weighted by Gasteiger charge is 2.19. The molecule has 0 heterocycles. The van der Waals surface area contributed by atoms with Crippen LogP contribution in [0.25, 0.3) is 0 Å². The molecule has 0 aromatic carbocycles. The first-order chi connectivity index (χ1) is 9.08. The number of hydrogen-bond donors (Lipinski definition) is 2. The summed E-state index contributed by atoms with van der Waals surface area (Å²) in [5, 5.41) is 19.2. The highest BCUT2D eigenvalue weighted by Crippen LogP contribution is 2.35. The minimum atomic E-state index is -0.0651. The third-order valence-corrected chi connectivity index (χ3v) is 3.56. The van der Waals surface area contributed by atoms with E-state index in [9.17, 15) is 10.2 Å². The largest absolute Gasteiger partial charge is 0.392 e. The first kappa shape index (κ1) is 13.8. The van der Waals surface area contributed by atoms with Crippen LogP contribution in [-0.2, 0) is 0 Å². The summed E-state index contributed by atoms with van der Waals surface area (Å²) in [4.78, 5) is 0. The van der Waals surface area contributed by atoms with Crippen molar-refractivity contribution in [3.63, 3.8) is 0 Å². The van der Waals surface area contributed by atoms with Gasteiger partial charge in [0.2, 0.25) is 0 Å². The molecule has 2 N–H and O–H groups in total. The van der Waals surface area contributed by atoms with Gasteiger partial charge in [-0.3, -0.25) is 0 Å². The van der Waals surface area contributed by atoms with Gasteiger partial charge in [0, 0.05) is 0 Å². The normalized spacial score (nSPS) is 19.5. The molecular weight excluding hydrogens is 236 g/mol. The molecule has 0 spiro atoms. The van der Waals surface area contributed by atoms with Crippen molar-refractivity contribution in [2.24, 2.45) is 0 Å². The number of hydrogen-bond acceptors (Lipinski definition) is 2. The second kappa shape index (κ2) is 5.55. The van der Waals surface area contributed by atoms with Crippen molar-refractivity contribution < 1.29 is 10.2 Å². The van der Waals surface area contributed by atoms with Crippen LogP contribution in [-0.4, -0.2) is 23.4 Å². The quantitative estimate of drug-likeness (QED) is 0.797. The van der Waals surface area contributed by atoms with Crippen molar-refractivity contribution in [2.75, 3.05) is 13.2 Å². The van der Waals surface area contributed by atoms with E-state index in [-0.39, 0.29) is 13.2 Å². The molecule has 0 aromatic heterocycles. The fourth-order valence-electron chi connectivity index (χ4n) is 2.75. The number of fused-ring (bicyclic) bond motifs is 1. The van der Waals surface area contributed by atoms with E-state index in [1.807, 2.05) is 12.2 Å². The van der Waals surface area contributed by atoms with E-state index in [4.69, 9.17) is 0 Å². The maximum Gasteiger partial charge on any atom is 0.0691 e. The molecule has 0 aliphatic heterocycles. The van der Waals surface area contributed by atoms with Gasteiger partial charge in [-0.1, -0.05) is 36.0 Å². The molecule has 0 aromatic rings. The van der Waals surface area contributed by atoms with Crippen molar-refractivity contribution in [3.8, 4) is 0 Å². The average Bonchev–Trinajstić information content (AvgIpc) is 2.61. The SMILES string of the molecule is CC1=CC(C)=C2C=CC=C(CO)C(CO)=C2C(C)=C1. The lowest BCUT2D eigenvalue weighted by Crippen LogP contribution is -2.06. The minimum Gasteiger partial charge on any atom is -0.392 e. The van der Waals surface area contributed by atoms with Gasteiger partial charge in [-0.25, -0.2) is 0 Å². The molecule has 2 rings (SSSR count). The first-order valence-electron chi connectivity index (χ1n) is 6.49. The van der Waals surface area contributed by atoms with E-state index in [1.54, 1.807) is 0 Å². The molecule has 2 aliphatic rings. The second-order valence-corrected chi connectivity index (χ2v) is 5.03. The van der Waals surface area contributed by atoms with E-state index in [2.05, 4.69) is 39.0 Å². The molecule has 0 amide bonds. The molecule has 0 saturated heterocycles. The molecule has 100 valence electrons. The highest BCUT2D eigenvalue weighted by molar-refractivity contribution is 5.65. The van der Waals surface area contributed by atoms with Crippen LogP contribution in [0.15, 0.2) is 69.4 Å². The van der Waals surface area contributed by atoms with Crippen LogP contribution in [0.4, 0.5) is 0 Å². The Kier molecular flexibility index (Phi) is 4.03. The number of allylic oxidation sites excluding steroid dienone is 10. The third kappa shape index (κ3) is 2.55. The monoisotopic (exact) mass is 256 g/mol. The van der Waals surface area contributed by atoms with Crippen LogP contribution in [0.2, 0.25) is 0 Å². The summed E-state index contributed by atoms with van der Waals surface area (Å²) >= 11 is 0. The van der Waals surface area contributed by atoms with Gasteiger partial charge in [0.1, 0.15) is 0 Å². The molecule has 0 unspecified atom stereocenters. The molecule has 2 aliphatic carbocycles. The summed E-state index contributed by atoms with van der Waals surface area (Å²) in [5.74, 6) is 0. The van der Waals surface area contributed by atoms with Crippen molar-refractivity contribution >= 4 is 0 Å². The summed E-state index contributed by atoms with van der Waals surface area (Å²) < 4.78 is 0. The maximum atomic E-state index is 9.71. The van der Waals surface area contributed by atoms with Crippen LogP contribution >= 0.6 is 0 Å². The molecule has 0 bridgehead atoms. The predicted molar refractivity (Wildman–Crippen MR) is 78.6 cm³/mol. The summed E-state index contributed by atoms with van der Waals surface area (Å²) in [6.07, 6.45) is 10.1. The second-order valence-electron chi connectivity index (χ2n) is 5.03. The Morgan fingerprint density at radius 3 is 2.37 bits per heavy atom.